The molecule has 2 heteroatoms. The van der Waals surface area contributed by atoms with Gasteiger partial charge in [-0.1, -0.05) is 115 Å². The third-order valence-corrected chi connectivity index (χ3v) is 11.6. The summed E-state index contributed by atoms with van der Waals surface area (Å²) in [6.07, 6.45) is 0. The van der Waals surface area contributed by atoms with Crippen molar-refractivity contribution in [1.82, 2.24) is 0 Å². The van der Waals surface area contributed by atoms with Crippen molar-refractivity contribution in [2.75, 3.05) is 4.90 Å². The summed E-state index contributed by atoms with van der Waals surface area (Å²) in [5.74, 6) is 0. The van der Waals surface area contributed by atoms with Crippen molar-refractivity contribution in [2.45, 2.75) is 5.41 Å². The van der Waals surface area contributed by atoms with Gasteiger partial charge in [0.1, 0.15) is 0 Å². The van der Waals surface area contributed by atoms with Gasteiger partial charge in [0, 0.05) is 26.8 Å². The van der Waals surface area contributed by atoms with Crippen molar-refractivity contribution in [3.05, 3.63) is 174 Å². The minimum atomic E-state index is -0.300. The summed E-state index contributed by atoms with van der Waals surface area (Å²) in [6, 6.07) is 56.6. The Morgan fingerprint density at radius 1 is 0.422 bits per heavy atom. The van der Waals surface area contributed by atoms with Crippen molar-refractivity contribution < 1.29 is 0 Å². The molecule has 0 N–H and O–H groups in total. The number of anilines is 3. The second-order valence-electron chi connectivity index (χ2n) is 12.4. The Kier molecular flexibility index (Phi) is 4.46. The zero-order valence-electron chi connectivity index (χ0n) is 24.3. The molecule has 1 atom stereocenters. The fourth-order valence-electron chi connectivity index (χ4n) is 8.79. The molecule has 3 aliphatic rings. The van der Waals surface area contributed by atoms with Crippen LogP contribution in [-0.2, 0) is 5.41 Å². The number of para-hydroxylation sites is 1. The van der Waals surface area contributed by atoms with Gasteiger partial charge in [0.15, 0.2) is 0 Å². The molecule has 0 bridgehead atoms. The maximum absolute atomic E-state index is 2.51. The summed E-state index contributed by atoms with van der Waals surface area (Å²) < 4.78 is 2.63. The number of fused-ring (bicyclic) bond motifs is 8. The first kappa shape index (κ1) is 23.9. The molecule has 1 nitrogen and oxygen atoms in total. The van der Waals surface area contributed by atoms with Crippen LogP contribution in [0.1, 0.15) is 22.3 Å². The molecule has 7 aromatic carbocycles. The first-order valence-corrected chi connectivity index (χ1v) is 16.4. The fourth-order valence-corrected chi connectivity index (χ4v) is 10.00. The van der Waals surface area contributed by atoms with Crippen LogP contribution in [0, 0.1) is 0 Å². The molecule has 0 saturated heterocycles. The Morgan fingerprint density at radius 2 is 1.02 bits per heavy atom. The van der Waals surface area contributed by atoms with Crippen molar-refractivity contribution in [3.8, 4) is 33.4 Å². The first-order valence-electron chi connectivity index (χ1n) is 15.6. The van der Waals surface area contributed by atoms with Crippen LogP contribution >= 0.6 is 11.3 Å². The Balaban J connectivity index is 1.23. The van der Waals surface area contributed by atoms with E-state index in [0.29, 0.717) is 0 Å². The van der Waals surface area contributed by atoms with Gasteiger partial charge in [0.25, 0.3) is 0 Å². The fraction of sp³-hybridized carbons (Fsp3) is 0.0233. The highest BCUT2D eigenvalue weighted by Crippen LogP contribution is 2.70. The SMILES string of the molecule is c1ccc(N(c2ccc3c(c2)C24c5ccccc5-c5cccc(c52)-c2cccc-3c24)c2cccc3c2sc2ccccc23)cc1. The summed E-state index contributed by atoms with van der Waals surface area (Å²) in [6.45, 7) is 0. The third-order valence-electron chi connectivity index (χ3n) is 10.4. The number of hydrogen-bond donors (Lipinski definition) is 0. The lowest BCUT2D eigenvalue weighted by molar-refractivity contribution is 0.818. The van der Waals surface area contributed by atoms with Crippen molar-refractivity contribution in [2.24, 2.45) is 0 Å². The minimum absolute atomic E-state index is 0.300. The molecule has 8 aromatic rings. The molecule has 0 radical (unpaired) electrons. The first-order chi connectivity index (χ1) is 22.3. The Labute approximate surface area is 265 Å². The summed E-state index contributed by atoms with van der Waals surface area (Å²) in [5, 5.41) is 2.63. The van der Waals surface area contributed by atoms with Gasteiger partial charge in [-0.2, -0.15) is 0 Å². The van der Waals surface area contributed by atoms with E-state index >= 15 is 0 Å². The van der Waals surface area contributed by atoms with Gasteiger partial charge in [-0.05, 0) is 92.0 Å². The molecule has 0 amide bonds. The maximum Gasteiger partial charge on any atom is 0.0738 e. The minimum Gasteiger partial charge on any atom is -0.309 e. The van der Waals surface area contributed by atoms with Crippen LogP contribution in [0.2, 0.25) is 0 Å². The average molecular weight is 588 g/mol. The van der Waals surface area contributed by atoms with E-state index in [0.717, 1.165) is 5.69 Å². The van der Waals surface area contributed by atoms with E-state index in [1.807, 2.05) is 11.3 Å². The second kappa shape index (κ2) is 8.38. The molecule has 0 saturated carbocycles. The maximum atomic E-state index is 2.51. The number of hydrogen-bond acceptors (Lipinski definition) is 2. The number of rotatable bonds is 3. The zero-order valence-corrected chi connectivity index (χ0v) is 25.1. The van der Waals surface area contributed by atoms with E-state index in [1.54, 1.807) is 0 Å². The molecular weight excluding hydrogens is 563 g/mol. The smallest absolute Gasteiger partial charge is 0.0738 e. The topological polar surface area (TPSA) is 3.24 Å². The van der Waals surface area contributed by atoms with E-state index in [-0.39, 0.29) is 5.41 Å². The van der Waals surface area contributed by atoms with Gasteiger partial charge in [0.05, 0.1) is 15.8 Å². The van der Waals surface area contributed by atoms with Gasteiger partial charge in [0.2, 0.25) is 0 Å². The van der Waals surface area contributed by atoms with Gasteiger partial charge in [-0.3, -0.25) is 0 Å². The van der Waals surface area contributed by atoms with Crippen LogP contribution in [0.15, 0.2) is 152 Å². The molecule has 208 valence electrons. The molecule has 1 aromatic heterocycles. The standard InChI is InChI=1S/C43H25NS/c1-2-11-26(12-3-1)44(38-21-10-19-35-30-14-5-7-22-39(30)45-42(35)38)27-23-24-29-32-16-9-18-34-33-17-8-15-31-28-13-4-6-20-36(28)43(40(31)33,41(32)34)37(29)25-27/h1-25H. The molecular formula is C43H25NS. The van der Waals surface area contributed by atoms with E-state index < -0.39 is 0 Å². The van der Waals surface area contributed by atoms with E-state index in [1.165, 1.54) is 87.2 Å². The Bertz CT molecular complexity index is 2520. The lowest BCUT2D eigenvalue weighted by atomic mass is 9.73. The predicted molar refractivity (Wildman–Crippen MR) is 189 cm³/mol. The summed E-state index contributed by atoms with van der Waals surface area (Å²) >= 11 is 1.89. The van der Waals surface area contributed by atoms with Gasteiger partial charge in [-0.25, -0.2) is 0 Å². The predicted octanol–water partition coefficient (Wildman–Crippen LogP) is 11.8. The number of benzene rings is 7. The number of nitrogens with zero attached hydrogens (tertiary/aromatic N) is 1. The van der Waals surface area contributed by atoms with E-state index in [4.69, 9.17) is 0 Å². The number of thiophene rings is 1. The van der Waals surface area contributed by atoms with Crippen LogP contribution in [0.3, 0.4) is 0 Å². The van der Waals surface area contributed by atoms with Crippen molar-refractivity contribution in [1.29, 1.82) is 0 Å². The van der Waals surface area contributed by atoms with Crippen LogP contribution < -0.4 is 4.90 Å². The van der Waals surface area contributed by atoms with Crippen LogP contribution in [0.4, 0.5) is 17.1 Å². The van der Waals surface area contributed by atoms with Gasteiger partial charge >= 0.3 is 0 Å². The third kappa shape index (κ3) is 2.80. The van der Waals surface area contributed by atoms with Gasteiger partial charge < -0.3 is 4.90 Å². The zero-order chi connectivity index (χ0) is 29.3. The highest BCUT2D eigenvalue weighted by atomic mass is 32.1. The second-order valence-corrected chi connectivity index (χ2v) is 13.5. The Morgan fingerprint density at radius 3 is 1.82 bits per heavy atom. The quantitative estimate of drug-likeness (QED) is 0.199. The molecule has 0 fully saturated rings. The largest absolute Gasteiger partial charge is 0.309 e. The van der Waals surface area contributed by atoms with Crippen LogP contribution in [0.25, 0.3) is 53.6 Å². The van der Waals surface area contributed by atoms with Crippen LogP contribution in [-0.4, -0.2) is 0 Å². The lowest BCUT2D eigenvalue weighted by Gasteiger charge is -2.30. The van der Waals surface area contributed by atoms with Crippen molar-refractivity contribution >= 4 is 48.6 Å². The summed E-state index contributed by atoms with van der Waals surface area (Å²) in [7, 11) is 0. The molecule has 0 aliphatic heterocycles. The van der Waals surface area contributed by atoms with Crippen LogP contribution in [0.5, 0.6) is 0 Å². The highest BCUT2D eigenvalue weighted by molar-refractivity contribution is 7.26. The van der Waals surface area contributed by atoms with E-state index in [2.05, 4.69) is 157 Å². The summed E-state index contributed by atoms with van der Waals surface area (Å²) in [4.78, 5) is 2.47. The molecule has 1 heterocycles. The van der Waals surface area contributed by atoms with Crippen molar-refractivity contribution in [3.63, 3.8) is 0 Å². The molecule has 1 spiro atoms. The summed E-state index contributed by atoms with van der Waals surface area (Å²) in [5.41, 5.74) is 17.2. The average Bonchev–Trinajstić information content (AvgIpc) is 3.81. The van der Waals surface area contributed by atoms with E-state index in [9.17, 15) is 0 Å². The highest BCUT2D eigenvalue weighted by Gasteiger charge is 2.57. The molecule has 1 unspecified atom stereocenters. The normalized spacial score (nSPS) is 16.1. The Hall–Kier alpha value is -5.44. The molecule has 3 aliphatic carbocycles. The monoisotopic (exact) mass is 587 g/mol. The van der Waals surface area contributed by atoms with Gasteiger partial charge in [-0.15, -0.1) is 11.3 Å². The lowest BCUT2D eigenvalue weighted by Crippen LogP contribution is -2.23. The molecule has 11 rings (SSSR count). The molecule has 45 heavy (non-hydrogen) atoms.